The largest absolute Gasteiger partial charge is 0.377 e. The fraction of sp³-hybridized carbons (Fsp3) is 0.125. The van der Waals surface area contributed by atoms with Gasteiger partial charge in [0.15, 0.2) is 0 Å². The van der Waals surface area contributed by atoms with Gasteiger partial charge < -0.3 is 5.32 Å². The summed E-state index contributed by atoms with van der Waals surface area (Å²) >= 11 is 0. The summed E-state index contributed by atoms with van der Waals surface area (Å²) in [5, 5.41) is 7.51. The van der Waals surface area contributed by atoms with Gasteiger partial charge in [0, 0.05) is 18.3 Å². The lowest BCUT2D eigenvalue weighted by molar-refractivity contribution is 0.712. The summed E-state index contributed by atoms with van der Waals surface area (Å²) in [5.41, 5.74) is 3.49. The average Bonchev–Trinajstić information content (AvgIpc) is 2.92. The van der Waals surface area contributed by atoms with E-state index in [1.165, 1.54) is 11.1 Å². The monoisotopic (exact) mass is 264 g/mol. The topological polar surface area (TPSA) is 42.7 Å². The molecule has 0 amide bonds. The van der Waals surface area contributed by atoms with E-state index in [-0.39, 0.29) is 0 Å². The normalized spacial score (nSPS) is 10.4. The molecular formula is C16H16N4. The third-order valence-electron chi connectivity index (χ3n) is 3.25. The average molecular weight is 264 g/mol. The molecule has 4 heteroatoms. The molecule has 2 aromatic carbocycles. The van der Waals surface area contributed by atoms with Gasteiger partial charge in [0.05, 0.1) is 6.54 Å². The zero-order valence-electron chi connectivity index (χ0n) is 11.3. The van der Waals surface area contributed by atoms with Gasteiger partial charge in [-0.05, 0) is 11.6 Å². The predicted octanol–water partition coefficient (Wildman–Crippen LogP) is 3.09. The fourth-order valence-corrected chi connectivity index (χ4v) is 2.16. The van der Waals surface area contributed by atoms with Crippen LogP contribution in [0, 0.1) is 0 Å². The maximum absolute atomic E-state index is 4.22. The van der Waals surface area contributed by atoms with Crippen molar-refractivity contribution in [1.29, 1.82) is 0 Å². The molecule has 0 bridgehead atoms. The molecule has 0 fully saturated rings. The highest BCUT2D eigenvalue weighted by molar-refractivity contribution is 5.77. The van der Waals surface area contributed by atoms with Crippen LogP contribution in [0.5, 0.6) is 0 Å². The summed E-state index contributed by atoms with van der Waals surface area (Å²) in [7, 11) is 1.90. The van der Waals surface area contributed by atoms with E-state index in [2.05, 4.69) is 57.9 Å². The van der Waals surface area contributed by atoms with Crippen molar-refractivity contribution in [3.05, 3.63) is 66.7 Å². The molecule has 3 rings (SSSR count). The number of para-hydroxylation sites is 1. The van der Waals surface area contributed by atoms with Gasteiger partial charge in [-0.15, -0.1) is 0 Å². The van der Waals surface area contributed by atoms with E-state index >= 15 is 0 Å². The molecule has 0 radical (unpaired) electrons. The Kier molecular flexibility index (Phi) is 3.46. The van der Waals surface area contributed by atoms with Gasteiger partial charge in [-0.1, -0.05) is 48.5 Å². The van der Waals surface area contributed by atoms with Gasteiger partial charge in [0.1, 0.15) is 12.2 Å². The minimum absolute atomic E-state index is 0.653. The number of rotatable bonds is 4. The molecular weight excluding hydrogens is 248 g/mol. The molecule has 0 saturated carbocycles. The van der Waals surface area contributed by atoms with E-state index in [0.29, 0.717) is 6.54 Å². The molecule has 0 aliphatic carbocycles. The first-order valence-electron chi connectivity index (χ1n) is 6.56. The SMILES string of the molecule is Cn1ncnc1CNc1ccccc1-c1ccccc1. The first-order chi connectivity index (χ1) is 9.84. The number of aromatic nitrogens is 3. The number of anilines is 1. The van der Waals surface area contributed by atoms with Crippen LogP contribution in [-0.2, 0) is 13.6 Å². The highest BCUT2D eigenvalue weighted by Gasteiger charge is 2.05. The Balaban J connectivity index is 1.85. The molecule has 4 nitrogen and oxygen atoms in total. The second-order valence-electron chi connectivity index (χ2n) is 4.57. The van der Waals surface area contributed by atoms with Crippen LogP contribution in [0.3, 0.4) is 0 Å². The first-order valence-corrected chi connectivity index (χ1v) is 6.56. The summed E-state index contributed by atoms with van der Waals surface area (Å²) in [6, 6.07) is 18.6. The van der Waals surface area contributed by atoms with Crippen molar-refractivity contribution >= 4 is 5.69 Å². The van der Waals surface area contributed by atoms with E-state index in [9.17, 15) is 0 Å². The van der Waals surface area contributed by atoms with Crippen LogP contribution in [0.2, 0.25) is 0 Å². The van der Waals surface area contributed by atoms with E-state index < -0.39 is 0 Å². The van der Waals surface area contributed by atoms with Crippen LogP contribution in [0.15, 0.2) is 60.9 Å². The predicted molar refractivity (Wildman–Crippen MR) is 80.2 cm³/mol. The molecule has 0 atom stereocenters. The second-order valence-corrected chi connectivity index (χ2v) is 4.57. The molecule has 0 spiro atoms. The Labute approximate surface area is 118 Å². The highest BCUT2D eigenvalue weighted by Crippen LogP contribution is 2.27. The molecule has 1 N–H and O–H groups in total. The Morgan fingerprint density at radius 3 is 2.50 bits per heavy atom. The number of benzene rings is 2. The first kappa shape index (κ1) is 12.4. The number of aryl methyl sites for hydroxylation is 1. The molecule has 0 saturated heterocycles. The number of hydrogen-bond donors (Lipinski definition) is 1. The molecule has 1 heterocycles. The summed E-state index contributed by atoms with van der Waals surface area (Å²) < 4.78 is 1.78. The van der Waals surface area contributed by atoms with Crippen molar-refractivity contribution < 1.29 is 0 Å². The van der Waals surface area contributed by atoms with Gasteiger partial charge in [-0.3, -0.25) is 4.68 Å². The van der Waals surface area contributed by atoms with Gasteiger partial charge in [-0.25, -0.2) is 4.98 Å². The lowest BCUT2D eigenvalue weighted by Crippen LogP contribution is -2.07. The Bertz CT molecular complexity index is 688. The number of hydrogen-bond acceptors (Lipinski definition) is 3. The Morgan fingerprint density at radius 1 is 1.00 bits per heavy atom. The fourth-order valence-electron chi connectivity index (χ4n) is 2.16. The van der Waals surface area contributed by atoms with Crippen LogP contribution in [-0.4, -0.2) is 14.8 Å². The molecule has 0 aliphatic rings. The summed E-state index contributed by atoms with van der Waals surface area (Å²) in [6.45, 7) is 0.653. The van der Waals surface area contributed by atoms with Crippen LogP contribution in [0.25, 0.3) is 11.1 Å². The molecule has 0 aliphatic heterocycles. The Hall–Kier alpha value is -2.62. The van der Waals surface area contributed by atoms with E-state index in [4.69, 9.17) is 0 Å². The van der Waals surface area contributed by atoms with Crippen LogP contribution < -0.4 is 5.32 Å². The van der Waals surface area contributed by atoms with Crippen molar-refractivity contribution in [2.75, 3.05) is 5.32 Å². The van der Waals surface area contributed by atoms with Crippen molar-refractivity contribution in [3.8, 4) is 11.1 Å². The summed E-state index contributed by atoms with van der Waals surface area (Å²) in [4.78, 5) is 4.22. The van der Waals surface area contributed by atoms with Crippen molar-refractivity contribution in [2.45, 2.75) is 6.54 Å². The van der Waals surface area contributed by atoms with Gasteiger partial charge in [0.2, 0.25) is 0 Å². The van der Waals surface area contributed by atoms with Crippen LogP contribution in [0.4, 0.5) is 5.69 Å². The lowest BCUT2D eigenvalue weighted by Gasteiger charge is -2.11. The third-order valence-corrected chi connectivity index (χ3v) is 3.25. The van der Waals surface area contributed by atoms with Crippen molar-refractivity contribution in [3.63, 3.8) is 0 Å². The summed E-state index contributed by atoms with van der Waals surface area (Å²) in [6.07, 6.45) is 1.57. The van der Waals surface area contributed by atoms with Crippen LogP contribution in [0.1, 0.15) is 5.82 Å². The quantitative estimate of drug-likeness (QED) is 0.787. The highest BCUT2D eigenvalue weighted by atomic mass is 15.3. The zero-order valence-corrected chi connectivity index (χ0v) is 11.3. The number of nitrogens with zero attached hydrogens (tertiary/aromatic N) is 3. The molecule has 1 aromatic heterocycles. The summed E-state index contributed by atoms with van der Waals surface area (Å²) in [5.74, 6) is 0.910. The van der Waals surface area contributed by atoms with Crippen molar-refractivity contribution in [2.24, 2.45) is 7.05 Å². The number of nitrogens with one attached hydrogen (secondary N) is 1. The lowest BCUT2D eigenvalue weighted by atomic mass is 10.0. The molecule has 0 unspecified atom stereocenters. The van der Waals surface area contributed by atoms with Gasteiger partial charge in [0.25, 0.3) is 0 Å². The standard InChI is InChI=1S/C16H16N4/c1-20-16(18-12-19-20)11-17-15-10-6-5-9-14(15)13-7-3-2-4-8-13/h2-10,12,17H,11H2,1H3. The minimum Gasteiger partial charge on any atom is -0.377 e. The molecule has 3 aromatic rings. The Morgan fingerprint density at radius 2 is 1.75 bits per heavy atom. The maximum atomic E-state index is 4.22. The maximum Gasteiger partial charge on any atom is 0.145 e. The van der Waals surface area contributed by atoms with E-state index in [1.54, 1.807) is 11.0 Å². The van der Waals surface area contributed by atoms with Crippen LogP contribution >= 0.6 is 0 Å². The minimum atomic E-state index is 0.653. The zero-order chi connectivity index (χ0) is 13.8. The van der Waals surface area contributed by atoms with Gasteiger partial charge >= 0.3 is 0 Å². The second kappa shape index (κ2) is 5.57. The molecule has 20 heavy (non-hydrogen) atoms. The van der Waals surface area contributed by atoms with E-state index in [0.717, 1.165) is 11.5 Å². The smallest absolute Gasteiger partial charge is 0.145 e. The van der Waals surface area contributed by atoms with E-state index in [1.807, 2.05) is 19.2 Å². The molecule has 100 valence electrons. The van der Waals surface area contributed by atoms with Crippen molar-refractivity contribution in [1.82, 2.24) is 14.8 Å². The van der Waals surface area contributed by atoms with Gasteiger partial charge in [-0.2, -0.15) is 5.10 Å². The third kappa shape index (κ3) is 2.54.